The number of amides is 4. The van der Waals surface area contributed by atoms with Crippen molar-refractivity contribution in [3.63, 3.8) is 0 Å². The second-order valence-corrected chi connectivity index (χ2v) is 13.8. The maximum atomic E-state index is 13.9. The van der Waals surface area contributed by atoms with Crippen LogP contribution in [0.3, 0.4) is 0 Å². The van der Waals surface area contributed by atoms with Crippen LogP contribution in [-0.4, -0.2) is 69.3 Å². The van der Waals surface area contributed by atoms with E-state index in [0.29, 0.717) is 12.8 Å². The van der Waals surface area contributed by atoms with Crippen LogP contribution in [0.4, 0.5) is 9.59 Å². The van der Waals surface area contributed by atoms with Gasteiger partial charge < -0.3 is 30.7 Å². The molecule has 11 heteroatoms. The van der Waals surface area contributed by atoms with Crippen LogP contribution in [0.1, 0.15) is 68.1 Å². The number of carbonyl (C=O) groups is 3. The molecule has 4 atom stereocenters. The maximum Gasteiger partial charge on any atom is 0.407 e. The van der Waals surface area contributed by atoms with Gasteiger partial charge in [-0.25, -0.2) is 9.59 Å². The molecule has 0 radical (unpaired) electrons. The van der Waals surface area contributed by atoms with Gasteiger partial charge in [-0.1, -0.05) is 100 Å². The lowest BCUT2D eigenvalue weighted by molar-refractivity contribution is -0.124. The summed E-state index contributed by atoms with van der Waals surface area (Å²) in [6.07, 6.45) is 2.40. The Morgan fingerprint density at radius 3 is 2.06 bits per heavy atom. The number of nitrogens with zero attached hydrogens (tertiary/aromatic N) is 3. The van der Waals surface area contributed by atoms with E-state index < -0.39 is 36.4 Å². The molecule has 0 saturated heterocycles. The highest BCUT2D eigenvalue weighted by Gasteiger charge is 2.31. The fourth-order valence-electron chi connectivity index (χ4n) is 5.82. The smallest absolute Gasteiger partial charge is 0.407 e. The van der Waals surface area contributed by atoms with Crippen molar-refractivity contribution in [2.24, 2.45) is 5.92 Å². The van der Waals surface area contributed by atoms with Gasteiger partial charge in [0, 0.05) is 36.7 Å². The van der Waals surface area contributed by atoms with Gasteiger partial charge in [-0.05, 0) is 60.4 Å². The van der Waals surface area contributed by atoms with Crippen molar-refractivity contribution in [2.45, 2.75) is 90.3 Å². The molecule has 0 unspecified atom stereocenters. The summed E-state index contributed by atoms with van der Waals surface area (Å²) in [5, 5.41) is 20.6. The molecule has 4 amide bonds. The quantitative estimate of drug-likeness (QED) is 0.109. The minimum atomic E-state index is -1.06. The van der Waals surface area contributed by atoms with E-state index in [-0.39, 0.29) is 37.3 Å². The van der Waals surface area contributed by atoms with Crippen LogP contribution in [0.2, 0.25) is 0 Å². The topological polar surface area (TPSA) is 146 Å². The number of carbonyl (C=O) groups excluding carboxylic acids is 3. The van der Waals surface area contributed by atoms with E-state index in [4.69, 9.17) is 4.74 Å². The van der Waals surface area contributed by atoms with Crippen molar-refractivity contribution in [2.75, 3.05) is 7.05 Å². The van der Waals surface area contributed by atoms with Gasteiger partial charge in [0.15, 0.2) is 0 Å². The van der Waals surface area contributed by atoms with Crippen LogP contribution in [-0.2, 0) is 35.5 Å². The van der Waals surface area contributed by atoms with Crippen LogP contribution in [0.25, 0.3) is 0 Å². The average Bonchev–Trinajstić information content (AvgIpc) is 3.13. The van der Waals surface area contributed by atoms with E-state index in [0.717, 1.165) is 28.1 Å². The van der Waals surface area contributed by atoms with Gasteiger partial charge in [-0.2, -0.15) is 0 Å². The van der Waals surface area contributed by atoms with E-state index in [1.54, 1.807) is 31.6 Å². The zero-order chi connectivity index (χ0) is 37.5. The number of pyridine rings is 2. The summed E-state index contributed by atoms with van der Waals surface area (Å²) >= 11 is 0. The number of aromatic nitrogens is 2. The Labute approximate surface area is 307 Å². The van der Waals surface area contributed by atoms with E-state index in [2.05, 4.69) is 39.8 Å². The van der Waals surface area contributed by atoms with E-state index >= 15 is 0 Å². The summed E-state index contributed by atoms with van der Waals surface area (Å²) in [6, 6.07) is 26.1. The molecule has 0 aliphatic carbocycles. The number of hydrogen-bond acceptors (Lipinski definition) is 7. The lowest BCUT2D eigenvalue weighted by Gasteiger charge is -2.30. The molecule has 0 fully saturated rings. The van der Waals surface area contributed by atoms with Crippen molar-refractivity contribution < 1.29 is 24.2 Å². The third-order valence-electron chi connectivity index (χ3n) is 8.75. The summed E-state index contributed by atoms with van der Waals surface area (Å²) in [6.45, 7) is 8.18. The molecule has 276 valence electrons. The van der Waals surface area contributed by atoms with Crippen molar-refractivity contribution in [1.29, 1.82) is 0 Å². The molecule has 0 aliphatic rings. The largest absolute Gasteiger partial charge is 0.445 e. The maximum absolute atomic E-state index is 13.9. The Morgan fingerprint density at radius 2 is 1.44 bits per heavy atom. The third-order valence-corrected chi connectivity index (χ3v) is 8.75. The third kappa shape index (κ3) is 12.8. The zero-order valence-corrected chi connectivity index (χ0v) is 30.7. The van der Waals surface area contributed by atoms with Gasteiger partial charge in [0.2, 0.25) is 5.91 Å². The van der Waals surface area contributed by atoms with Crippen LogP contribution >= 0.6 is 0 Å². The van der Waals surface area contributed by atoms with Gasteiger partial charge >= 0.3 is 12.1 Å². The van der Waals surface area contributed by atoms with Gasteiger partial charge in [0.25, 0.3) is 0 Å². The van der Waals surface area contributed by atoms with Crippen molar-refractivity contribution in [1.82, 2.24) is 30.8 Å². The second-order valence-electron chi connectivity index (χ2n) is 13.8. The standard InChI is InChI=1S/C41H52N6O5/c1-28(2)35-20-12-19-33(43-35)26-47(5)40(50)46-38(29(3)4)39(49)44-34(22-30-14-8-6-9-15-30)24-37(48)36(23-31-16-10-7-11-17-31)45-41(51)52-27-32-18-13-21-42-25-32/h6-21,25,28-29,34,36-38,48H,22-24,26-27H2,1-5H3,(H,44,49)(H,45,51)(H,46,50)/t34-,36-,37-,38-/m0/s1. The number of aliphatic hydroxyl groups excluding tert-OH is 1. The van der Waals surface area contributed by atoms with Gasteiger partial charge in [-0.15, -0.1) is 0 Å². The first kappa shape index (κ1) is 39.5. The predicted octanol–water partition coefficient (Wildman–Crippen LogP) is 5.78. The highest BCUT2D eigenvalue weighted by molar-refractivity contribution is 5.87. The minimum Gasteiger partial charge on any atom is -0.445 e. The molecule has 0 spiro atoms. The zero-order valence-electron chi connectivity index (χ0n) is 30.7. The highest BCUT2D eigenvalue weighted by atomic mass is 16.5. The minimum absolute atomic E-state index is 0.0266. The molecular formula is C41H52N6O5. The fraction of sp³-hybridized carbons (Fsp3) is 0.390. The Bertz CT molecular complexity index is 1690. The molecule has 4 aromatic rings. The SMILES string of the molecule is CC(C)c1cccc(CN(C)C(=O)N[C@H](C(=O)N[C@@H](Cc2ccccc2)C[C@H](O)[C@H](Cc2ccccc2)NC(=O)OCc2cccnc2)C(C)C)n1. The van der Waals surface area contributed by atoms with Crippen LogP contribution < -0.4 is 16.0 Å². The molecule has 2 aromatic carbocycles. The van der Waals surface area contributed by atoms with Crippen LogP contribution in [0.5, 0.6) is 0 Å². The highest BCUT2D eigenvalue weighted by Crippen LogP contribution is 2.16. The first-order chi connectivity index (χ1) is 25.0. The molecule has 0 aliphatic heterocycles. The summed E-state index contributed by atoms with van der Waals surface area (Å²) in [5.74, 6) is -0.344. The molecule has 4 N–H and O–H groups in total. The normalized spacial score (nSPS) is 13.5. The molecule has 4 rings (SSSR count). The summed E-state index contributed by atoms with van der Waals surface area (Å²) in [4.78, 5) is 50.5. The van der Waals surface area contributed by atoms with Gasteiger partial charge in [-0.3, -0.25) is 14.8 Å². The summed E-state index contributed by atoms with van der Waals surface area (Å²) < 4.78 is 5.46. The molecule has 0 saturated carbocycles. The number of nitrogens with one attached hydrogen (secondary N) is 3. The van der Waals surface area contributed by atoms with E-state index in [1.807, 2.05) is 92.7 Å². The fourth-order valence-corrected chi connectivity index (χ4v) is 5.82. The number of rotatable bonds is 17. The Kier molecular flexibility index (Phi) is 15.1. The van der Waals surface area contributed by atoms with Gasteiger partial charge in [0.05, 0.1) is 24.4 Å². The average molecular weight is 709 g/mol. The molecular weight excluding hydrogens is 656 g/mol. The number of benzene rings is 2. The van der Waals surface area contributed by atoms with Crippen molar-refractivity contribution in [3.8, 4) is 0 Å². The van der Waals surface area contributed by atoms with Crippen LogP contribution in [0, 0.1) is 5.92 Å². The van der Waals surface area contributed by atoms with E-state index in [1.165, 1.54) is 4.90 Å². The molecule has 52 heavy (non-hydrogen) atoms. The number of hydrogen-bond donors (Lipinski definition) is 4. The van der Waals surface area contributed by atoms with Crippen molar-refractivity contribution >= 4 is 18.0 Å². The first-order valence-corrected chi connectivity index (χ1v) is 17.8. The lowest BCUT2D eigenvalue weighted by atomic mass is 9.93. The van der Waals surface area contributed by atoms with E-state index in [9.17, 15) is 19.5 Å². The molecule has 2 aromatic heterocycles. The summed E-state index contributed by atoms with van der Waals surface area (Å²) in [5.41, 5.74) is 4.31. The Morgan fingerprint density at radius 1 is 0.788 bits per heavy atom. The molecule has 11 nitrogen and oxygen atoms in total. The number of alkyl carbamates (subject to hydrolysis) is 1. The first-order valence-electron chi connectivity index (χ1n) is 17.8. The number of urea groups is 1. The number of ether oxygens (including phenoxy) is 1. The number of aliphatic hydroxyl groups is 1. The molecule has 0 bridgehead atoms. The summed E-state index contributed by atoms with van der Waals surface area (Å²) in [7, 11) is 1.67. The monoisotopic (exact) mass is 708 g/mol. The Hall–Kier alpha value is -5.29. The lowest BCUT2D eigenvalue weighted by Crippen LogP contribution is -2.55. The predicted molar refractivity (Wildman–Crippen MR) is 201 cm³/mol. The second kappa shape index (κ2) is 19.9. The molecule has 2 heterocycles. The Balaban J connectivity index is 1.47. The van der Waals surface area contributed by atoms with Crippen molar-refractivity contribution in [3.05, 3.63) is 131 Å². The van der Waals surface area contributed by atoms with Crippen LogP contribution in [0.15, 0.2) is 103 Å². The van der Waals surface area contributed by atoms with Gasteiger partial charge in [0.1, 0.15) is 12.6 Å².